The lowest BCUT2D eigenvalue weighted by Gasteiger charge is -2.26. The molecule has 1 heterocycles. The molecule has 0 aromatic heterocycles. The summed E-state index contributed by atoms with van der Waals surface area (Å²) >= 11 is 11.1. The minimum atomic E-state index is 0.436. The van der Waals surface area contributed by atoms with E-state index in [-0.39, 0.29) is 0 Å². The molecule has 2 N–H and O–H groups in total. The van der Waals surface area contributed by atoms with E-state index in [2.05, 4.69) is 11.8 Å². The molecule has 0 spiro atoms. The van der Waals surface area contributed by atoms with Gasteiger partial charge in [-0.2, -0.15) is 0 Å². The Morgan fingerprint density at radius 1 is 1.56 bits per heavy atom. The number of halogens is 1. The van der Waals surface area contributed by atoms with Crippen LogP contribution in [0.5, 0.6) is 0 Å². The van der Waals surface area contributed by atoms with Crippen molar-refractivity contribution in [3.8, 4) is 0 Å². The average molecular weight is 255 g/mol. The van der Waals surface area contributed by atoms with Crippen molar-refractivity contribution in [1.29, 1.82) is 0 Å². The van der Waals surface area contributed by atoms with Crippen LogP contribution in [-0.2, 0) is 0 Å². The summed E-state index contributed by atoms with van der Waals surface area (Å²) in [5.41, 5.74) is 7.74. The maximum atomic E-state index is 6.04. The van der Waals surface area contributed by atoms with Crippen molar-refractivity contribution in [2.24, 2.45) is 5.73 Å². The number of anilines is 1. The standard InChI is InChI=1S/C12H15ClN2S/c1-8-3-2-6-15(8)11-7-9(13)4-5-10(11)12(14)16/h4-5,7-8H,2-3,6H2,1H3,(H2,14,16). The predicted octanol–water partition coefficient (Wildman–Crippen LogP) is 2.96. The predicted molar refractivity (Wildman–Crippen MR) is 73.4 cm³/mol. The first-order valence-electron chi connectivity index (χ1n) is 5.45. The molecule has 2 nitrogen and oxygen atoms in total. The molecule has 2 rings (SSSR count). The van der Waals surface area contributed by atoms with Crippen LogP contribution in [0.25, 0.3) is 0 Å². The van der Waals surface area contributed by atoms with Gasteiger partial charge in [0.05, 0.1) is 0 Å². The molecule has 16 heavy (non-hydrogen) atoms. The second-order valence-corrected chi connectivity index (χ2v) is 5.09. The maximum Gasteiger partial charge on any atom is 0.106 e. The first-order chi connectivity index (χ1) is 7.59. The van der Waals surface area contributed by atoms with Gasteiger partial charge in [0, 0.05) is 28.9 Å². The summed E-state index contributed by atoms with van der Waals surface area (Å²) in [5.74, 6) is 0. The van der Waals surface area contributed by atoms with Crippen LogP contribution in [-0.4, -0.2) is 17.6 Å². The fraction of sp³-hybridized carbons (Fsp3) is 0.417. The lowest BCUT2D eigenvalue weighted by Crippen LogP contribution is -2.28. The fourth-order valence-electron chi connectivity index (χ4n) is 2.24. The van der Waals surface area contributed by atoms with Gasteiger partial charge in [-0.15, -0.1) is 0 Å². The second kappa shape index (κ2) is 4.60. The largest absolute Gasteiger partial charge is 0.389 e. The molecule has 1 aliphatic rings. The Labute approximate surface area is 106 Å². The van der Waals surface area contributed by atoms with E-state index >= 15 is 0 Å². The molecule has 4 heteroatoms. The van der Waals surface area contributed by atoms with Gasteiger partial charge in [0.2, 0.25) is 0 Å². The van der Waals surface area contributed by atoms with E-state index in [1.165, 1.54) is 12.8 Å². The van der Waals surface area contributed by atoms with Crippen molar-refractivity contribution in [2.45, 2.75) is 25.8 Å². The molecule has 1 aromatic carbocycles. The molecule has 1 fully saturated rings. The Bertz CT molecular complexity index is 419. The van der Waals surface area contributed by atoms with Crippen LogP contribution in [0.3, 0.4) is 0 Å². The summed E-state index contributed by atoms with van der Waals surface area (Å²) in [6, 6.07) is 6.23. The average Bonchev–Trinajstić information content (AvgIpc) is 2.63. The highest BCUT2D eigenvalue weighted by molar-refractivity contribution is 7.80. The highest BCUT2D eigenvalue weighted by atomic mass is 35.5. The zero-order valence-corrected chi connectivity index (χ0v) is 10.8. The van der Waals surface area contributed by atoms with Crippen LogP contribution >= 0.6 is 23.8 Å². The lowest BCUT2D eigenvalue weighted by molar-refractivity contribution is 0.735. The van der Waals surface area contributed by atoms with E-state index in [1.54, 1.807) is 0 Å². The fourth-order valence-corrected chi connectivity index (χ4v) is 2.58. The number of benzene rings is 1. The molecular formula is C12H15ClN2S. The molecule has 0 aliphatic carbocycles. The van der Waals surface area contributed by atoms with Crippen LogP contribution < -0.4 is 10.6 Å². The highest BCUT2D eigenvalue weighted by Crippen LogP contribution is 2.30. The molecule has 1 atom stereocenters. The zero-order valence-electron chi connectivity index (χ0n) is 9.24. The summed E-state index contributed by atoms with van der Waals surface area (Å²) in [6.07, 6.45) is 2.42. The van der Waals surface area contributed by atoms with Crippen molar-refractivity contribution in [1.82, 2.24) is 0 Å². The molecule has 1 saturated heterocycles. The van der Waals surface area contributed by atoms with Gasteiger partial charge in [0.1, 0.15) is 4.99 Å². The Balaban J connectivity index is 2.44. The van der Waals surface area contributed by atoms with E-state index in [0.717, 1.165) is 22.8 Å². The minimum Gasteiger partial charge on any atom is -0.389 e. The monoisotopic (exact) mass is 254 g/mol. The first-order valence-corrected chi connectivity index (χ1v) is 6.24. The molecule has 1 unspecified atom stereocenters. The van der Waals surface area contributed by atoms with Crippen molar-refractivity contribution < 1.29 is 0 Å². The highest BCUT2D eigenvalue weighted by Gasteiger charge is 2.23. The Morgan fingerprint density at radius 3 is 2.88 bits per heavy atom. The summed E-state index contributed by atoms with van der Waals surface area (Å²) in [6.45, 7) is 3.27. The summed E-state index contributed by atoms with van der Waals surface area (Å²) in [4.78, 5) is 2.77. The van der Waals surface area contributed by atoms with E-state index < -0.39 is 0 Å². The number of rotatable bonds is 2. The molecule has 0 saturated carbocycles. The van der Waals surface area contributed by atoms with Gasteiger partial charge >= 0.3 is 0 Å². The Morgan fingerprint density at radius 2 is 2.31 bits per heavy atom. The smallest absolute Gasteiger partial charge is 0.106 e. The number of hydrogen-bond acceptors (Lipinski definition) is 2. The molecular weight excluding hydrogens is 240 g/mol. The normalized spacial score (nSPS) is 20.1. The molecule has 1 aromatic rings. The van der Waals surface area contributed by atoms with Crippen LogP contribution in [0, 0.1) is 0 Å². The lowest BCUT2D eigenvalue weighted by atomic mass is 10.1. The first kappa shape index (κ1) is 11.7. The minimum absolute atomic E-state index is 0.436. The van der Waals surface area contributed by atoms with Crippen LogP contribution in [0.2, 0.25) is 5.02 Å². The SMILES string of the molecule is CC1CCCN1c1cc(Cl)ccc1C(N)=S. The van der Waals surface area contributed by atoms with Gasteiger partial charge < -0.3 is 10.6 Å². The van der Waals surface area contributed by atoms with E-state index in [1.807, 2.05) is 18.2 Å². The van der Waals surface area contributed by atoms with Gasteiger partial charge in [-0.25, -0.2) is 0 Å². The van der Waals surface area contributed by atoms with Crippen molar-refractivity contribution in [3.05, 3.63) is 28.8 Å². The van der Waals surface area contributed by atoms with Crippen molar-refractivity contribution in [2.75, 3.05) is 11.4 Å². The van der Waals surface area contributed by atoms with E-state index in [4.69, 9.17) is 29.6 Å². The number of nitrogens with two attached hydrogens (primary N) is 1. The second-order valence-electron chi connectivity index (χ2n) is 4.21. The van der Waals surface area contributed by atoms with Crippen molar-refractivity contribution in [3.63, 3.8) is 0 Å². The topological polar surface area (TPSA) is 29.3 Å². The van der Waals surface area contributed by atoms with Crippen LogP contribution in [0.1, 0.15) is 25.3 Å². The van der Waals surface area contributed by atoms with Crippen molar-refractivity contribution >= 4 is 34.5 Å². The molecule has 0 bridgehead atoms. The van der Waals surface area contributed by atoms with Gasteiger partial charge in [-0.05, 0) is 38.0 Å². The molecule has 0 radical (unpaired) electrons. The van der Waals surface area contributed by atoms with Gasteiger partial charge in [-0.1, -0.05) is 23.8 Å². The van der Waals surface area contributed by atoms with Crippen LogP contribution in [0.4, 0.5) is 5.69 Å². The summed E-state index contributed by atoms with van der Waals surface area (Å²) in [7, 11) is 0. The molecule has 1 aliphatic heterocycles. The third kappa shape index (κ3) is 2.15. The molecule has 0 amide bonds. The zero-order chi connectivity index (χ0) is 11.7. The third-order valence-corrected chi connectivity index (χ3v) is 3.54. The number of thiocarbonyl (C=S) groups is 1. The van der Waals surface area contributed by atoms with E-state index in [0.29, 0.717) is 11.0 Å². The van der Waals surface area contributed by atoms with Gasteiger partial charge in [0.15, 0.2) is 0 Å². The van der Waals surface area contributed by atoms with Crippen LogP contribution in [0.15, 0.2) is 18.2 Å². The number of nitrogens with zero attached hydrogens (tertiary/aromatic N) is 1. The third-order valence-electron chi connectivity index (χ3n) is 3.09. The molecule has 86 valence electrons. The van der Waals surface area contributed by atoms with E-state index in [9.17, 15) is 0 Å². The summed E-state index contributed by atoms with van der Waals surface area (Å²) < 4.78 is 0. The number of hydrogen-bond donors (Lipinski definition) is 1. The quantitative estimate of drug-likeness (QED) is 0.823. The van der Waals surface area contributed by atoms with Gasteiger partial charge in [0.25, 0.3) is 0 Å². The van der Waals surface area contributed by atoms with Gasteiger partial charge in [-0.3, -0.25) is 0 Å². The maximum absolute atomic E-state index is 6.04. The summed E-state index contributed by atoms with van der Waals surface area (Å²) in [5, 5.41) is 0.731. The Kier molecular flexibility index (Phi) is 3.36. The Hall–Kier alpha value is -0.800.